The first-order valence-corrected chi connectivity index (χ1v) is 7.91. The molecule has 6 nitrogen and oxygen atoms in total. The van der Waals surface area contributed by atoms with Crippen LogP contribution in [0, 0.1) is 6.92 Å². The molecule has 2 rings (SSSR count). The standard InChI is InChI=1S/C15H19N3O3S/c1-5-6-7-16-15-18(3)13(19)11-10(14(20)21-4)8-9(2)17-12(11)22-15/h8H,5-7H2,1-4H3. The minimum atomic E-state index is -0.532. The van der Waals surface area contributed by atoms with Crippen LogP contribution in [0.5, 0.6) is 0 Å². The predicted octanol–water partition coefficient (Wildman–Crippen LogP) is 1.79. The molecule has 0 fully saturated rings. The number of hydrogen-bond donors (Lipinski definition) is 0. The van der Waals surface area contributed by atoms with Crippen molar-refractivity contribution in [1.29, 1.82) is 0 Å². The van der Waals surface area contributed by atoms with Gasteiger partial charge in [0.05, 0.1) is 18.1 Å². The summed E-state index contributed by atoms with van der Waals surface area (Å²) in [7, 11) is 2.95. The third kappa shape index (κ3) is 3.09. The fourth-order valence-electron chi connectivity index (χ4n) is 2.08. The maximum atomic E-state index is 12.6. The van der Waals surface area contributed by atoms with Crippen molar-refractivity contribution in [2.75, 3.05) is 13.7 Å². The van der Waals surface area contributed by atoms with Crippen LogP contribution in [0.2, 0.25) is 0 Å². The number of nitrogens with zero attached hydrogens (tertiary/aromatic N) is 3. The number of esters is 1. The Morgan fingerprint density at radius 2 is 2.23 bits per heavy atom. The van der Waals surface area contributed by atoms with Crippen molar-refractivity contribution in [3.63, 3.8) is 0 Å². The van der Waals surface area contributed by atoms with Gasteiger partial charge in [0.2, 0.25) is 0 Å². The summed E-state index contributed by atoms with van der Waals surface area (Å²) in [4.78, 5) is 34.5. The van der Waals surface area contributed by atoms with Gasteiger partial charge in [-0.3, -0.25) is 14.4 Å². The van der Waals surface area contributed by atoms with Gasteiger partial charge in [0, 0.05) is 19.3 Å². The summed E-state index contributed by atoms with van der Waals surface area (Å²) in [5, 5.41) is 0.291. The topological polar surface area (TPSA) is 73.6 Å². The second-order valence-electron chi connectivity index (χ2n) is 4.97. The van der Waals surface area contributed by atoms with E-state index in [0.717, 1.165) is 12.8 Å². The highest BCUT2D eigenvalue weighted by molar-refractivity contribution is 7.15. The highest BCUT2D eigenvalue weighted by atomic mass is 32.1. The van der Waals surface area contributed by atoms with E-state index in [2.05, 4.69) is 16.9 Å². The molecule has 2 aromatic rings. The van der Waals surface area contributed by atoms with Gasteiger partial charge in [0.15, 0.2) is 4.80 Å². The monoisotopic (exact) mass is 321 g/mol. The highest BCUT2D eigenvalue weighted by Crippen LogP contribution is 2.17. The molecule has 0 N–H and O–H groups in total. The van der Waals surface area contributed by atoms with Gasteiger partial charge in [-0.2, -0.15) is 0 Å². The van der Waals surface area contributed by atoms with E-state index in [4.69, 9.17) is 4.74 Å². The molecule has 118 valence electrons. The van der Waals surface area contributed by atoms with E-state index in [1.807, 2.05) is 0 Å². The molecule has 0 saturated heterocycles. The molecule has 0 aliphatic heterocycles. The Kier molecular flexibility index (Phi) is 5.07. The normalized spacial score (nSPS) is 11.9. The summed E-state index contributed by atoms with van der Waals surface area (Å²) in [6, 6.07) is 1.58. The van der Waals surface area contributed by atoms with Crippen LogP contribution < -0.4 is 10.4 Å². The lowest BCUT2D eigenvalue weighted by Gasteiger charge is -2.07. The number of rotatable bonds is 4. The minimum absolute atomic E-state index is 0.252. The van der Waals surface area contributed by atoms with E-state index in [1.54, 1.807) is 20.0 Å². The number of fused-ring (bicyclic) bond motifs is 1. The van der Waals surface area contributed by atoms with Crippen LogP contribution >= 0.6 is 11.3 Å². The summed E-state index contributed by atoms with van der Waals surface area (Å²) in [6.45, 7) is 4.54. The van der Waals surface area contributed by atoms with Gasteiger partial charge >= 0.3 is 5.97 Å². The lowest BCUT2D eigenvalue weighted by atomic mass is 10.1. The first kappa shape index (κ1) is 16.4. The number of hydrogen-bond acceptors (Lipinski definition) is 6. The van der Waals surface area contributed by atoms with Gasteiger partial charge in [-0.05, 0) is 19.4 Å². The molecule has 0 bridgehead atoms. The number of carbonyl (C=O) groups is 1. The highest BCUT2D eigenvalue weighted by Gasteiger charge is 2.17. The smallest absolute Gasteiger partial charge is 0.338 e. The summed E-state index contributed by atoms with van der Waals surface area (Å²) in [5.74, 6) is -0.532. The van der Waals surface area contributed by atoms with Crippen LogP contribution in [-0.4, -0.2) is 29.2 Å². The third-order valence-electron chi connectivity index (χ3n) is 3.27. The summed E-state index contributed by atoms with van der Waals surface area (Å²) in [5.41, 5.74) is 0.635. The fraction of sp³-hybridized carbons (Fsp3) is 0.467. The molecule has 2 aromatic heterocycles. The van der Waals surface area contributed by atoms with Gasteiger partial charge in [0.1, 0.15) is 4.83 Å². The van der Waals surface area contributed by atoms with Crippen molar-refractivity contribution < 1.29 is 9.53 Å². The van der Waals surface area contributed by atoms with E-state index in [0.29, 0.717) is 27.3 Å². The number of methoxy groups -OCH3 is 1. The number of carbonyl (C=O) groups excluding carboxylic acids is 1. The van der Waals surface area contributed by atoms with Gasteiger partial charge in [0.25, 0.3) is 5.56 Å². The molecular weight excluding hydrogens is 302 g/mol. The number of aryl methyl sites for hydroxylation is 1. The maximum Gasteiger partial charge on any atom is 0.338 e. The van der Waals surface area contributed by atoms with E-state index in [9.17, 15) is 9.59 Å². The zero-order valence-corrected chi connectivity index (χ0v) is 14.0. The van der Waals surface area contributed by atoms with E-state index in [1.165, 1.54) is 23.0 Å². The Hall–Kier alpha value is -2.02. The quantitative estimate of drug-likeness (QED) is 0.636. The first-order chi connectivity index (χ1) is 10.5. The number of ether oxygens (including phenoxy) is 1. The Morgan fingerprint density at radius 1 is 1.50 bits per heavy atom. The average molecular weight is 321 g/mol. The molecule has 0 aliphatic carbocycles. The number of unbranched alkanes of at least 4 members (excludes halogenated alkanes) is 1. The first-order valence-electron chi connectivity index (χ1n) is 7.09. The fourth-order valence-corrected chi connectivity index (χ4v) is 3.11. The zero-order chi connectivity index (χ0) is 16.3. The largest absolute Gasteiger partial charge is 0.465 e. The number of aromatic nitrogens is 2. The molecule has 0 atom stereocenters. The molecule has 0 unspecified atom stereocenters. The second kappa shape index (κ2) is 6.83. The van der Waals surface area contributed by atoms with Gasteiger partial charge in [-0.1, -0.05) is 24.7 Å². The molecule has 0 aliphatic rings. The lowest BCUT2D eigenvalue weighted by Crippen LogP contribution is -2.30. The van der Waals surface area contributed by atoms with Crippen molar-refractivity contribution in [3.05, 3.63) is 32.5 Å². The van der Waals surface area contributed by atoms with Crippen molar-refractivity contribution in [3.8, 4) is 0 Å². The SMILES string of the molecule is CCCCN=c1sc2nc(C)cc(C(=O)OC)c2c(=O)n1C. The molecule has 0 saturated carbocycles. The maximum absolute atomic E-state index is 12.6. The van der Waals surface area contributed by atoms with E-state index in [-0.39, 0.29) is 11.1 Å². The summed E-state index contributed by atoms with van der Waals surface area (Å²) >= 11 is 1.31. The predicted molar refractivity (Wildman–Crippen MR) is 86.3 cm³/mol. The molecule has 0 amide bonds. The minimum Gasteiger partial charge on any atom is -0.465 e. The summed E-state index contributed by atoms with van der Waals surface area (Å²) in [6.07, 6.45) is 2.01. The molecule has 0 aromatic carbocycles. The van der Waals surface area contributed by atoms with Crippen molar-refractivity contribution in [2.45, 2.75) is 26.7 Å². The van der Waals surface area contributed by atoms with Crippen LogP contribution in [-0.2, 0) is 11.8 Å². The van der Waals surface area contributed by atoms with Crippen molar-refractivity contribution in [2.24, 2.45) is 12.0 Å². The second-order valence-corrected chi connectivity index (χ2v) is 5.92. The third-order valence-corrected chi connectivity index (χ3v) is 4.35. The molecule has 0 spiro atoms. The van der Waals surface area contributed by atoms with Crippen molar-refractivity contribution in [1.82, 2.24) is 9.55 Å². The van der Waals surface area contributed by atoms with Gasteiger partial charge in [-0.15, -0.1) is 0 Å². The van der Waals surface area contributed by atoms with E-state index >= 15 is 0 Å². The molecular formula is C15H19N3O3S. The Morgan fingerprint density at radius 3 is 2.86 bits per heavy atom. The van der Waals surface area contributed by atoms with Crippen LogP contribution in [0.25, 0.3) is 10.2 Å². The molecule has 7 heteroatoms. The zero-order valence-electron chi connectivity index (χ0n) is 13.2. The van der Waals surface area contributed by atoms with Crippen LogP contribution in [0.1, 0.15) is 35.8 Å². The Balaban J connectivity index is 2.79. The molecule has 0 radical (unpaired) electrons. The average Bonchev–Trinajstić information content (AvgIpc) is 2.50. The number of pyridine rings is 1. The molecule has 2 heterocycles. The Bertz CT molecular complexity index is 836. The summed E-state index contributed by atoms with van der Waals surface area (Å²) < 4.78 is 6.23. The van der Waals surface area contributed by atoms with Crippen LogP contribution in [0.3, 0.4) is 0 Å². The lowest BCUT2D eigenvalue weighted by molar-refractivity contribution is 0.0602. The van der Waals surface area contributed by atoms with Crippen LogP contribution in [0.4, 0.5) is 0 Å². The van der Waals surface area contributed by atoms with Crippen molar-refractivity contribution >= 4 is 27.5 Å². The Labute approximate surface area is 132 Å². The molecule has 22 heavy (non-hydrogen) atoms. The van der Waals surface area contributed by atoms with E-state index < -0.39 is 5.97 Å². The van der Waals surface area contributed by atoms with Gasteiger partial charge < -0.3 is 4.74 Å². The van der Waals surface area contributed by atoms with Gasteiger partial charge in [-0.25, -0.2) is 9.78 Å². The van der Waals surface area contributed by atoms with Crippen LogP contribution in [0.15, 0.2) is 15.9 Å².